The third kappa shape index (κ3) is 3.52. The third-order valence-electron chi connectivity index (χ3n) is 4.09. The molecule has 0 unspecified atom stereocenters. The molecule has 0 bridgehead atoms. The van der Waals surface area contributed by atoms with Crippen LogP contribution in [0.15, 0.2) is 29.3 Å². The highest BCUT2D eigenvalue weighted by molar-refractivity contribution is 5.76. The van der Waals surface area contributed by atoms with Crippen LogP contribution in [0.4, 0.5) is 0 Å². The van der Waals surface area contributed by atoms with Crippen molar-refractivity contribution in [2.45, 2.75) is 47.7 Å². The van der Waals surface area contributed by atoms with Crippen LogP contribution in [0.1, 0.15) is 34.6 Å². The fourth-order valence-electron chi connectivity index (χ4n) is 3.03. The van der Waals surface area contributed by atoms with Crippen LogP contribution in [-0.4, -0.2) is 23.9 Å². The van der Waals surface area contributed by atoms with Crippen molar-refractivity contribution in [1.82, 2.24) is 23.9 Å². The molecule has 0 aliphatic heterocycles. The molecule has 0 aliphatic rings. The molecule has 0 radical (unpaired) electrons. The normalized spacial score (nSPS) is 12.4. The fourth-order valence-corrected chi connectivity index (χ4v) is 3.03. The van der Waals surface area contributed by atoms with Gasteiger partial charge in [-0.15, -0.1) is 0 Å². The lowest BCUT2D eigenvalue weighted by molar-refractivity contribution is 0.342. The van der Waals surface area contributed by atoms with Crippen LogP contribution >= 0.6 is 0 Å². The van der Waals surface area contributed by atoms with E-state index in [1.165, 1.54) is 0 Å². The molecule has 0 spiro atoms. The standard InChI is InChI=1S/C19H27N5O/c1-13(2)10-23-11-14(9-20-23)15-7-8-16-17(21-15)22(6)18(25)24(16)12-19(3,4)5/h7-9,11,13H,10,12H2,1-6H3. The zero-order chi connectivity index (χ0) is 18.4. The van der Waals surface area contributed by atoms with E-state index in [1.807, 2.05) is 33.8 Å². The van der Waals surface area contributed by atoms with Crippen LogP contribution in [0.3, 0.4) is 0 Å². The highest BCUT2D eigenvalue weighted by Crippen LogP contribution is 2.23. The zero-order valence-electron chi connectivity index (χ0n) is 15.9. The first kappa shape index (κ1) is 17.5. The number of nitrogens with zero attached hydrogens (tertiary/aromatic N) is 5. The second kappa shape index (κ2) is 6.17. The molecule has 134 valence electrons. The maximum Gasteiger partial charge on any atom is 0.330 e. The molecule has 0 aliphatic carbocycles. The summed E-state index contributed by atoms with van der Waals surface area (Å²) in [6.07, 6.45) is 3.85. The van der Waals surface area contributed by atoms with E-state index in [0.717, 1.165) is 23.3 Å². The van der Waals surface area contributed by atoms with E-state index in [-0.39, 0.29) is 11.1 Å². The average Bonchev–Trinajstić information content (AvgIpc) is 3.05. The van der Waals surface area contributed by atoms with E-state index in [0.29, 0.717) is 18.1 Å². The van der Waals surface area contributed by atoms with Gasteiger partial charge in [0, 0.05) is 31.9 Å². The number of hydrogen-bond acceptors (Lipinski definition) is 3. The van der Waals surface area contributed by atoms with Gasteiger partial charge in [0.15, 0.2) is 5.65 Å². The summed E-state index contributed by atoms with van der Waals surface area (Å²) >= 11 is 0. The van der Waals surface area contributed by atoms with Gasteiger partial charge in [0.1, 0.15) is 0 Å². The molecule has 6 heteroatoms. The summed E-state index contributed by atoms with van der Waals surface area (Å²) in [7, 11) is 1.78. The van der Waals surface area contributed by atoms with Crippen molar-refractivity contribution < 1.29 is 0 Å². The van der Waals surface area contributed by atoms with Crippen molar-refractivity contribution in [1.29, 1.82) is 0 Å². The summed E-state index contributed by atoms with van der Waals surface area (Å²) in [5.74, 6) is 0.537. The third-order valence-corrected chi connectivity index (χ3v) is 4.09. The van der Waals surface area contributed by atoms with Crippen molar-refractivity contribution in [3.05, 3.63) is 35.0 Å². The van der Waals surface area contributed by atoms with Gasteiger partial charge in [-0.3, -0.25) is 13.8 Å². The van der Waals surface area contributed by atoms with Crippen LogP contribution in [0, 0.1) is 11.3 Å². The summed E-state index contributed by atoms with van der Waals surface area (Å²) in [6, 6.07) is 3.96. The molecule has 0 atom stereocenters. The second-order valence-electron chi connectivity index (χ2n) is 8.37. The predicted molar refractivity (Wildman–Crippen MR) is 100 cm³/mol. The molecule has 0 aromatic carbocycles. The highest BCUT2D eigenvalue weighted by atomic mass is 16.1. The van der Waals surface area contributed by atoms with E-state index in [2.05, 4.69) is 39.7 Å². The minimum absolute atomic E-state index is 0.0226. The maximum atomic E-state index is 12.6. The second-order valence-corrected chi connectivity index (χ2v) is 8.37. The molecular weight excluding hydrogens is 314 g/mol. The number of hydrogen-bond donors (Lipinski definition) is 0. The summed E-state index contributed by atoms with van der Waals surface area (Å²) < 4.78 is 5.38. The largest absolute Gasteiger partial charge is 0.330 e. The van der Waals surface area contributed by atoms with Crippen LogP contribution in [0.5, 0.6) is 0 Å². The van der Waals surface area contributed by atoms with Gasteiger partial charge in [-0.2, -0.15) is 5.10 Å². The molecule has 0 amide bonds. The van der Waals surface area contributed by atoms with Crippen molar-refractivity contribution >= 4 is 11.2 Å². The van der Waals surface area contributed by atoms with E-state index >= 15 is 0 Å². The van der Waals surface area contributed by atoms with E-state index < -0.39 is 0 Å². The number of aromatic nitrogens is 5. The molecule has 0 fully saturated rings. The molecular formula is C19H27N5O. The summed E-state index contributed by atoms with van der Waals surface area (Å²) in [5, 5.41) is 4.41. The topological polar surface area (TPSA) is 57.6 Å². The monoisotopic (exact) mass is 341 g/mol. The van der Waals surface area contributed by atoms with Crippen LogP contribution < -0.4 is 5.69 Å². The first-order valence-electron chi connectivity index (χ1n) is 8.75. The molecule has 3 heterocycles. The van der Waals surface area contributed by atoms with Gasteiger partial charge >= 0.3 is 5.69 Å². The SMILES string of the molecule is CC(C)Cn1cc(-c2ccc3c(n2)n(C)c(=O)n3CC(C)(C)C)cn1. The molecule has 3 aromatic heterocycles. The minimum Gasteiger partial charge on any atom is -0.290 e. The molecule has 0 N–H and O–H groups in total. The lowest BCUT2D eigenvalue weighted by atomic mass is 9.97. The Labute approximate surface area is 148 Å². The summed E-state index contributed by atoms with van der Waals surface area (Å²) in [4.78, 5) is 17.3. The molecule has 6 nitrogen and oxygen atoms in total. The van der Waals surface area contributed by atoms with Gasteiger partial charge < -0.3 is 0 Å². The number of fused-ring (bicyclic) bond motifs is 1. The Balaban J connectivity index is 2.05. The van der Waals surface area contributed by atoms with Gasteiger partial charge in [0.25, 0.3) is 0 Å². The Hall–Kier alpha value is -2.37. The van der Waals surface area contributed by atoms with Gasteiger partial charge in [0.2, 0.25) is 0 Å². The van der Waals surface area contributed by atoms with Gasteiger partial charge in [-0.1, -0.05) is 34.6 Å². The van der Waals surface area contributed by atoms with Crippen molar-refractivity contribution in [3.8, 4) is 11.3 Å². The molecule has 0 saturated heterocycles. The van der Waals surface area contributed by atoms with E-state index in [9.17, 15) is 4.79 Å². The smallest absolute Gasteiger partial charge is 0.290 e. The number of pyridine rings is 1. The molecule has 3 aromatic rings. The Morgan fingerprint density at radius 1 is 1.20 bits per heavy atom. The quantitative estimate of drug-likeness (QED) is 0.731. The minimum atomic E-state index is -0.0231. The molecule has 3 rings (SSSR count). The van der Waals surface area contributed by atoms with Gasteiger partial charge in [-0.25, -0.2) is 9.78 Å². The lowest BCUT2D eigenvalue weighted by Gasteiger charge is -2.18. The zero-order valence-corrected chi connectivity index (χ0v) is 15.9. The van der Waals surface area contributed by atoms with Crippen LogP contribution in [0.25, 0.3) is 22.4 Å². The lowest BCUT2D eigenvalue weighted by Crippen LogP contribution is -2.27. The van der Waals surface area contributed by atoms with Crippen molar-refractivity contribution in [2.24, 2.45) is 18.4 Å². The summed E-state index contributed by atoms with van der Waals surface area (Å²) in [5.41, 5.74) is 3.40. The fraction of sp³-hybridized carbons (Fsp3) is 0.526. The number of imidazole rings is 1. The van der Waals surface area contributed by atoms with E-state index in [1.54, 1.807) is 11.6 Å². The Morgan fingerprint density at radius 3 is 2.56 bits per heavy atom. The van der Waals surface area contributed by atoms with E-state index in [4.69, 9.17) is 4.98 Å². The molecule has 25 heavy (non-hydrogen) atoms. The number of rotatable bonds is 4. The first-order valence-corrected chi connectivity index (χ1v) is 8.75. The average molecular weight is 341 g/mol. The predicted octanol–water partition coefficient (Wildman–Crippen LogP) is 3.30. The van der Waals surface area contributed by atoms with Crippen molar-refractivity contribution in [3.63, 3.8) is 0 Å². The highest BCUT2D eigenvalue weighted by Gasteiger charge is 2.19. The Bertz CT molecular complexity index is 952. The first-order chi connectivity index (χ1) is 11.7. The van der Waals surface area contributed by atoms with Crippen LogP contribution in [0.2, 0.25) is 0 Å². The maximum absolute atomic E-state index is 12.6. The van der Waals surface area contributed by atoms with Gasteiger partial charge in [-0.05, 0) is 23.5 Å². The Morgan fingerprint density at radius 2 is 1.92 bits per heavy atom. The number of aryl methyl sites for hydroxylation is 1. The van der Waals surface area contributed by atoms with Gasteiger partial charge in [0.05, 0.1) is 17.4 Å². The molecule has 0 saturated carbocycles. The summed E-state index contributed by atoms with van der Waals surface area (Å²) in [6.45, 7) is 12.3. The van der Waals surface area contributed by atoms with Crippen LogP contribution in [-0.2, 0) is 20.1 Å². The Kier molecular flexibility index (Phi) is 4.31. The van der Waals surface area contributed by atoms with Crippen molar-refractivity contribution in [2.75, 3.05) is 0 Å².